The van der Waals surface area contributed by atoms with Crippen molar-refractivity contribution in [2.45, 2.75) is 25.2 Å². The van der Waals surface area contributed by atoms with Crippen molar-refractivity contribution in [3.63, 3.8) is 0 Å². The summed E-state index contributed by atoms with van der Waals surface area (Å²) < 4.78 is 51.1. The van der Waals surface area contributed by atoms with E-state index in [1.54, 1.807) is 25.3 Å². The van der Waals surface area contributed by atoms with Gasteiger partial charge >= 0.3 is 6.18 Å². The van der Waals surface area contributed by atoms with E-state index in [9.17, 15) is 18.0 Å². The quantitative estimate of drug-likeness (QED) is 0.577. The van der Waals surface area contributed by atoms with Gasteiger partial charge < -0.3 is 24.3 Å². The van der Waals surface area contributed by atoms with Crippen LogP contribution in [0.1, 0.15) is 16.9 Å². The highest BCUT2D eigenvalue weighted by atomic mass is 19.4. The van der Waals surface area contributed by atoms with Gasteiger partial charge in [0, 0.05) is 25.3 Å². The first-order valence-corrected chi connectivity index (χ1v) is 11.5. The highest BCUT2D eigenvalue weighted by Crippen LogP contribution is 2.41. The van der Waals surface area contributed by atoms with Crippen LogP contribution in [0.5, 0.6) is 5.75 Å². The highest BCUT2D eigenvalue weighted by molar-refractivity contribution is 5.82. The first-order valence-electron chi connectivity index (χ1n) is 11.5. The van der Waals surface area contributed by atoms with E-state index in [-0.39, 0.29) is 24.9 Å². The number of para-hydroxylation sites is 2. The number of halogens is 3. The fourth-order valence-electron chi connectivity index (χ4n) is 5.13. The van der Waals surface area contributed by atoms with E-state index < -0.39 is 17.7 Å². The lowest BCUT2D eigenvalue weighted by molar-refractivity contribution is -0.137. The Bertz CT molecular complexity index is 1200. The summed E-state index contributed by atoms with van der Waals surface area (Å²) in [6.07, 6.45) is -2.68. The molecule has 1 fully saturated rings. The third-order valence-corrected chi connectivity index (χ3v) is 6.82. The molecule has 1 amide bonds. The topological polar surface area (TPSA) is 58.0 Å². The van der Waals surface area contributed by atoms with Gasteiger partial charge in [-0.1, -0.05) is 12.1 Å². The molecule has 184 valence electrons. The number of alkyl halides is 3. The van der Waals surface area contributed by atoms with E-state index in [1.165, 1.54) is 12.3 Å². The summed E-state index contributed by atoms with van der Waals surface area (Å²) in [5.41, 5.74) is 1.54. The van der Waals surface area contributed by atoms with Gasteiger partial charge in [-0.05, 0) is 54.4 Å². The number of piperazine rings is 1. The number of carbonyl (C=O) groups is 1. The Morgan fingerprint density at radius 3 is 2.69 bits per heavy atom. The minimum Gasteiger partial charge on any atom is -0.495 e. The van der Waals surface area contributed by atoms with E-state index >= 15 is 0 Å². The second kappa shape index (κ2) is 9.20. The van der Waals surface area contributed by atoms with Crippen LogP contribution in [0.4, 0.5) is 24.5 Å². The van der Waals surface area contributed by atoms with Crippen LogP contribution in [0.2, 0.25) is 0 Å². The maximum atomic E-state index is 13.4. The molecule has 2 aliphatic rings. The molecule has 3 aromatic rings. The number of furan rings is 1. The number of nitrogens with zero attached hydrogens (tertiary/aromatic N) is 2. The van der Waals surface area contributed by atoms with Crippen LogP contribution in [0.25, 0.3) is 0 Å². The van der Waals surface area contributed by atoms with E-state index in [2.05, 4.69) is 15.1 Å². The van der Waals surface area contributed by atoms with Crippen molar-refractivity contribution < 1.29 is 27.1 Å². The molecule has 2 atom stereocenters. The Balaban J connectivity index is 1.46. The molecule has 3 heterocycles. The van der Waals surface area contributed by atoms with Gasteiger partial charge in [0.25, 0.3) is 0 Å². The molecule has 2 aromatic carbocycles. The molecule has 35 heavy (non-hydrogen) atoms. The van der Waals surface area contributed by atoms with Gasteiger partial charge in [-0.25, -0.2) is 0 Å². The summed E-state index contributed by atoms with van der Waals surface area (Å²) in [7, 11) is 1.62. The predicted octanol–water partition coefficient (Wildman–Crippen LogP) is 4.49. The number of ether oxygens (including phenoxy) is 1. The Kier molecular flexibility index (Phi) is 6.08. The fraction of sp³-hybridized carbons (Fsp3) is 0.346. The molecule has 0 unspecified atom stereocenters. The zero-order valence-electron chi connectivity index (χ0n) is 19.2. The van der Waals surface area contributed by atoms with Gasteiger partial charge in [-0.3, -0.25) is 4.79 Å². The monoisotopic (exact) mass is 485 g/mol. The maximum Gasteiger partial charge on any atom is 0.416 e. The molecular weight excluding hydrogens is 459 g/mol. The Labute approximate surface area is 201 Å². The summed E-state index contributed by atoms with van der Waals surface area (Å²) in [5, 5.41) is 2.92. The number of carbonyl (C=O) groups excluding carboxylic acids is 1. The molecule has 2 aliphatic heterocycles. The minimum atomic E-state index is -4.44. The average Bonchev–Trinajstić information content (AvgIpc) is 3.39. The van der Waals surface area contributed by atoms with Crippen LogP contribution in [0.3, 0.4) is 0 Å². The largest absolute Gasteiger partial charge is 0.495 e. The van der Waals surface area contributed by atoms with Gasteiger partial charge in [0.2, 0.25) is 5.91 Å². The molecule has 9 heteroatoms. The van der Waals surface area contributed by atoms with Crippen LogP contribution < -0.4 is 19.9 Å². The maximum absolute atomic E-state index is 13.4. The molecule has 5 rings (SSSR count). The van der Waals surface area contributed by atoms with Crippen LogP contribution in [-0.2, 0) is 23.9 Å². The number of benzene rings is 2. The van der Waals surface area contributed by atoms with Crippen LogP contribution in [0.15, 0.2) is 65.3 Å². The summed E-state index contributed by atoms with van der Waals surface area (Å²) >= 11 is 0. The van der Waals surface area contributed by atoms with Crippen molar-refractivity contribution in [2.75, 3.05) is 36.5 Å². The number of nitrogens with one attached hydrogen (secondary N) is 1. The second-order valence-electron chi connectivity index (χ2n) is 8.83. The molecule has 6 nitrogen and oxygen atoms in total. The van der Waals surface area contributed by atoms with E-state index in [0.29, 0.717) is 31.0 Å². The van der Waals surface area contributed by atoms with Crippen molar-refractivity contribution in [1.29, 1.82) is 0 Å². The molecule has 0 bridgehead atoms. The lowest BCUT2D eigenvalue weighted by Gasteiger charge is -2.49. The SMILES string of the molecule is COc1ccccc1N1CCN2c3ccc(C(F)(F)F)cc3C[C@H](C(=O)NCc3ccco3)[C@H]2C1. The molecule has 1 saturated heterocycles. The predicted molar refractivity (Wildman–Crippen MR) is 126 cm³/mol. The van der Waals surface area contributed by atoms with Gasteiger partial charge in [0.1, 0.15) is 11.5 Å². The summed E-state index contributed by atoms with van der Waals surface area (Å²) in [5.74, 6) is 0.621. The van der Waals surface area contributed by atoms with Crippen LogP contribution in [0, 0.1) is 5.92 Å². The van der Waals surface area contributed by atoms with E-state index in [4.69, 9.17) is 9.15 Å². The number of hydrogen-bond donors (Lipinski definition) is 1. The lowest BCUT2D eigenvalue weighted by Crippen LogP contribution is -2.61. The average molecular weight is 486 g/mol. The fourth-order valence-corrected chi connectivity index (χ4v) is 5.13. The molecule has 0 spiro atoms. The van der Waals surface area contributed by atoms with Crippen molar-refractivity contribution in [3.8, 4) is 5.75 Å². The molecule has 0 aliphatic carbocycles. The standard InChI is InChI=1S/C26H26F3N3O3/c1-34-24-7-3-2-6-22(24)31-10-11-32-21-9-8-18(26(27,28)29)13-17(21)14-20(23(32)16-31)25(33)30-15-19-5-4-12-35-19/h2-9,12-13,20,23H,10-11,14-16H2,1H3,(H,30,33)/t20-,23+/m0/s1. The normalized spacial score (nSPS) is 19.7. The van der Waals surface area contributed by atoms with Gasteiger partial charge in [0.15, 0.2) is 0 Å². The van der Waals surface area contributed by atoms with E-state index in [0.717, 1.165) is 23.2 Å². The third-order valence-electron chi connectivity index (χ3n) is 6.82. The number of hydrogen-bond acceptors (Lipinski definition) is 5. The van der Waals surface area contributed by atoms with Gasteiger partial charge in [-0.15, -0.1) is 0 Å². The smallest absolute Gasteiger partial charge is 0.416 e. The zero-order valence-corrected chi connectivity index (χ0v) is 19.2. The third kappa shape index (κ3) is 4.54. The molecule has 1 aromatic heterocycles. The number of amides is 1. The second-order valence-corrected chi connectivity index (χ2v) is 8.83. The van der Waals surface area contributed by atoms with Crippen molar-refractivity contribution in [2.24, 2.45) is 5.92 Å². The highest BCUT2D eigenvalue weighted by Gasteiger charge is 2.43. The van der Waals surface area contributed by atoms with Crippen molar-refractivity contribution in [3.05, 3.63) is 77.7 Å². The van der Waals surface area contributed by atoms with Crippen LogP contribution in [-0.4, -0.2) is 38.7 Å². The zero-order chi connectivity index (χ0) is 24.6. The minimum absolute atomic E-state index is 0.207. The first kappa shape index (κ1) is 23.1. The van der Waals surface area contributed by atoms with Crippen molar-refractivity contribution in [1.82, 2.24) is 5.32 Å². The molecular formula is C26H26F3N3O3. The Hall–Kier alpha value is -3.62. The molecule has 0 radical (unpaired) electrons. The molecule has 1 N–H and O–H groups in total. The summed E-state index contributed by atoms with van der Waals surface area (Å²) in [6, 6.07) is 14.9. The van der Waals surface area contributed by atoms with E-state index in [1.807, 2.05) is 24.3 Å². The summed E-state index contributed by atoms with van der Waals surface area (Å²) in [4.78, 5) is 17.6. The number of anilines is 2. The number of methoxy groups -OCH3 is 1. The molecule has 0 saturated carbocycles. The first-order chi connectivity index (χ1) is 16.8. The van der Waals surface area contributed by atoms with Gasteiger partial charge in [-0.2, -0.15) is 13.2 Å². The lowest BCUT2D eigenvalue weighted by atomic mass is 9.82. The van der Waals surface area contributed by atoms with Crippen molar-refractivity contribution >= 4 is 17.3 Å². The number of fused-ring (bicyclic) bond motifs is 3. The Morgan fingerprint density at radius 2 is 1.94 bits per heavy atom. The number of rotatable bonds is 5. The van der Waals surface area contributed by atoms with Crippen LogP contribution >= 0.6 is 0 Å². The summed E-state index contributed by atoms with van der Waals surface area (Å²) in [6.45, 7) is 1.99. The van der Waals surface area contributed by atoms with Gasteiger partial charge in [0.05, 0.1) is 43.1 Å². The Morgan fingerprint density at radius 1 is 1.11 bits per heavy atom.